The molecule has 2 rings (SSSR count). The number of benzene rings is 1. The number of nitrogens with one attached hydrogen (secondary N) is 1. The van der Waals surface area contributed by atoms with Crippen LogP contribution in [0.1, 0.15) is 12.0 Å². The van der Waals surface area contributed by atoms with Gasteiger partial charge in [-0.15, -0.1) is 0 Å². The molecular weight excluding hydrogens is 273 g/mol. The van der Waals surface area contributed by atoms with Gasteiger partial charge in [0.15, 0.2) is 5.96 Å². The molecule has 0 aliphatic carbocycles. The van der Waals surface area contributed by atoms with E-state index in [9.17, 15) is 0 Å². The van der Waals surface area contributed by atoms with Crippen molar-refractivity contribution in [3.63, 3.8) is 0 Å². The Bertz CT molecular complexity index is 514. The van der Waals surface area contributed by atoms with Crippen molar-refractivity contribution < 1.29 is 0 Å². The van der Waals surface area contributed by atoms with Crippen molar-refractivity contribution in [2.45, 2.75) is 18.6 Å². The van der Waals surface area contributed by atoms with Gasteiger partial charge in [0, 0.05) is 6.42 Å². The van der Waals surface area contributed by atoms with Gasteiger partial charge in [-0.3, -0.25) is 5.73 Å². The van der Waals surface area contributed by atoms with Crippen LogP contribution in [-0.2, 0) is 6.42 Å². The summed E-state index contributed by atoms with van der Waals surface area (Å²) in [5, 5.41) is 3.73. The van der Waals surface area contributed by atoms with Crippen LogP contribution < -0.4 is 16.8 Å². The summed E-state index contributed by atoms with van der Waals surface area (Å²) < 4.78 is 0. The normalized spacial score (nSPS) is 22.5. The third-order valence-corrected chi connectivity index (χ3v) is 3.47. The van der Waals surface area contributed by atoms with E-state index < -0.39 is 5.79 Å². The number of nitrogens with two attached hydrogens (primary N) is 2. The van der Waals surface area contributed by atoms with Crippen molar-refractivity contribution in [1.29, 1.82) is 0 Å². The minimum Gasteiger partial charge on any atom is -0.370 e. The largest absolute Gasteiger partial charge is 0.370 e. The lowest BCUT2D eigenvalue weighted by molar-refractivity contribution is 0.427. The average molecular weight is 286 g/mol. The molecule has 0 saturated heterocycles. The van der Waals surface area contributed by atoms with Crippen LogP contribution in [-0.4, -0.2) is 18.1 Å². The van der Waals surface area contributed by atoms with Crippen molar-refractivity contribution in [3.8, 4) is 0 Å². The van der Waals surface area contributed by atoms with Crippen molar-refractivity contribution in [1.82, 2.24) is 5.32 Å². The molecule has 5 N–H and O–H groups in total. The van der Waals surface area contributed by atoms with Gasteiger partial charge in [-0.2, -0.15) is 0 Å². The molecule has 0 saturated carbocycles. The van der Waals surface area contributed by atoms with Gasteiger partial charge in [0.1, 0.15) is 0 Å². The lowest BCUT2D eigenvalue weighted by Crippen LogP contribution is -2.46. The summed E-state index contributed by atoms with van der Waals surface area (Å²) in [6.07, 6.45) is 2.55. The standard InChI is InChI=1S/C11H13Cl2N5/c12-8-3-1-2-7(9(8)13)4-5-11(15)17-6-16-10(14)18-11/h1-3,6H,4-5,15H2,(H3,14,16,17,18). The van der Waals surface area contributed by atoms with E-state index in [1.165, 1.54) is 6.34 Å². The number of rotatable bonds is 3. The molecule has 7 heteroatoms. The number of nitrogens with zero attached hydrogens (tertiary/aromatic N) is 2. The molecule has 1 aromatic carbocycles. The minimum atomic E-state index is -1.04. The third-order valence-electron chi connectivity index (χ3n) is 2.61. The number of hydrogen-bond donors (Lipinski definition) is 3. The molecular formula is C11H13Cl2N5. The Kier molecular flexibility index (Phi) is 3.75. The molecule has 5 nitrogen and oxygen atoms in total. The molecule has 1 aliphatic heterocycles. The molecule has 0 fully saturated rings. The predicted octanol–water partition coefficient (Wildman–Crippen LogP) is 1.48. The first-order chi connectivity index (χ1) is 8.50. The molecule has 18 heavy (non-hydrogen) atoms. The molecule has 0 radical (unpaired) electrons. The zero-order chi connectivity index (χ0) is 13.2. The highest BCUT2D eigenvalue weighted by Gasteiger charge is 2.25. The summed E-state index contributed by atoms with van der Waals surface area (Å²) >= 11 is 12.0. The monoisotopic (exact) mass is 285 g/mol. The van der Waals surface area contributed by atoms with Crippen LogP contribution in [0, 0.1) is 0 Å². The number of guanidine groups is 1. The highest BCUT2D eigenvalue weighted by Crippen LogP contribution is 2.27. The maximum absolute atomic E-state index is 6.10. The Morgan fingerprint density at radius 3 is 2.83 bits per heavy atom. The summed E-state index contributed by atoms with van der Waals surface area (Å²) in [5.41, 5.74) is 12.5. The van der Waals surface area contributed by atoms with Gasteiger partial charge in [0.25, 0.3) is 0 Å². The summed E-state index contributed by atoms with van der Waals surface area (Å²) in [6, 6.07) is 5.48. The third kappa shape index (κ3) is 2.93. The van der Waals surface area contributed by atoms with E-state index in [1.807, 2.05) is 12.1 Å². The van der Waals surface area contributed by atoms with Crippen LogP contribution in [0.15, 0.2) is 28.2 Å². The second kappa shape index (κ2) is 5.14. The van der Waals surface area contributed by atoms with Crippen LogP contribution >= 0.6 is 23.2 Å². The van der Waals surface area contributed by atoms with Crippen LogP contribution in [0.25, 0.3) is 0 Å². The number of halogens is 2. The van der Waals surface area contributed by atoms with E-state index in [0.717, 1.165) is 5.56 Å². The fourth-order valence-electron chi connectivity index (χ4n) is 1.66. The van der Waals surface area contributed by atoms with E-state index >= 15 is 0 Å². The Balaban J connectivity index is 2.10. The average Bonchev–Trinajstić information content (AvgIpc) is 2.31. The topological polar surface area (TPSA) is 88.8 Å². The fourth-order valence-corrected chi connectivity index (χ4v) is 2.08. The highest BCUT2D eigenvalue weighted by molar-refractivity contribution is 6.42. The molecule has 1 unspecified atom stereocenters. The smallest absolute Gasteiger partial charge is 0.207 e. The van der Waals surface area contributed by atoms with Gasteiger partial charge in [-0.1, -0.05) is 35.3 Å². The first kappa shape index (κ1) is 13.1. The van der Waals surface area contributed by atoms with Gasteiger partial charge in [-0.25, -0.2) is 9.98 Å². The lowest BCUT2D eigenvalue weighted by atomic mass is 10.1. The number of hydrogen-bond acceptors (Lipinski definition) is 5. The van der Waals surface area contributed by atoms with Crippen molar-refractivity contribution in [2.75, 3.05) is 0 Å². The van der Waals surface area contributed by atoms with E-state index in [1.54, 1.807) is 6.07 Å². The van der Waals surface area contributed by atoms with Gasteiger partial charge in [0.05, 0.1) is 16.4 Å². The summed E-state index contributed by atoms with van der Waals surface area (Å²) in [7, 11) is 0. The Morgan fingerprint density at radius 1 is 1.33 bits per heavy atom. The molecule has 0 amide bonds. The van der Waals surface area contributed by atoms with Gasteiger partial charge >= 0.3 is 0 Å². The zero-order valence-electron chi connectivity index (χ0n) is 9.53. The summed E-state index contributed by atoms with van der Waals surface area (Å²) in [6.45, 7) is 0. The second-order valence-electron chi connectivity index (χ2n) is 3.99. The van der Waals surface area contributed by atoms with E-state index in [-0.39, 0.29) is 5.96 Å². The van der Waals surface area contributed by atoms with Crippen LogP contribution in [0.2, 0.25) is 10.0 Å². The molecule has 1 atom stereocenters. The molecule has 0 spiro atoms. The highest BCUT2D eigenvalue weighted by atomic mass is 35.5. The van der Waals surface area contributed by atoms with Gasteiger partial charge < -0.3 is 11.1 Å². The van der Waals surface area contributed by atoms with E-state index in [4.69, 9.17) is 34.7 Å². The molecule has 1 heterocycles. The Morgan fingerprint density at radius 2 is 2.11 bits per heavy atom. The van der Waals surface area contributed by atoms with Crippen LogP contribution in [0.3, 0.4) is 0 Å². The van der Waals surface area contributed by atoms with Crippen molar-refractivity contribution in [2.24, 2.45) is 21.5 Å². The van der Waals surface area contributed by atoms with E-state index in [0.29, 0.717) is 22.9 Å². The Hall–Kier alpha value is -1.30. The van der Waals surface area contributed by atoms with Crippen LogP contribution in [0.5, 0.6) is 0 Å². The molecule has 1 aliphatic rings. The maximum atomic E-state index is 6.10. The zero-order valence-corrected chi connectivity index (χ0v) is 11.0. The Labute approximate surface area is 115 Å². The number of aryl methyl sites for hydroxylation is 1. The van der Waals surface area contributed by atoms with Gasteiger partial charge in [-0.05, 0) is 18.1 Å². The molecule has 0 aromatic heterocycles. The molecule has 96 valence electrons. The van der Waals surface area contributed by atoms with Gasteiger partial charge in [0.2, 0.25) is 5.79 Å². The SMILES string of the molecule is NC1=NC(N)(CCc2cccc(Cl)c2Cl)N=CN1. The molecule has 0 bridgehead atoms. The first-order valence-corrected chi connectivity index (χ1v) is 6.13. The summed E-state index contributed by atoms with van der Waals surface area (Å²) in [4.78, 5) is 8.15. The number of aliphatic imine (C=N–C) groups is 2. The lowest BCUT2D eigenvalue weighted by Gasteiger charge is -2.24. The van der Waals surface area contributed by atoms with Crippen molar-refractivity contribution in [3.05, 3.63) is 33.8 Å². The summed E-state index contributed by atoms with van der Waals surface area (Å²) in [5.74, 6) is -0.786. The van der Waals surface area contributed by atoms with Crippen molar-refractivity contribution >= 4 is 35.5 Å². The quantitative estimate of drug-likeness (QED) is 0.786. The first-order valence-electron chi connectivity index (χ1n) is 5.37. The van der Waals surface area contributed by atoms with E-state index in [2.05, 4.69) is 15.3 Å². The predicted molar refractivity (Wildman–Crippen MR) is 75.0 cm³/mol. The maximum Gasteiger partial charge on any atom is 0.207 e. The fraction of sp³-hybridized carbons (Fsp3) is 0.273. The minimum absolute atomic E-state index is 0.254. The molecule has 1 aromatic rings. The van der Waals surface area contributed by atoms with Crippen LogP contribution in [0.4, 0.5) is 0 Å². The second-order valence-corrected chi connectivity index (χ2v) is 4.78.